The van der Waals surface area contributed by atoms with Gasteiger partial charge >= 0.3 is 0 Å². The Morgan fingerprint density at radius 3 is 2.73 bits per heavy atom. The molecule has 15 heavy (non-hydrogen) atoms. The molecule has 0 aliphatic carbocycles. The van der Waals surface area contributed by atoms with Crippen LogP contribution in [0.3, 0.4) is 0 Å². The van der Waals surface area contributed by atoms with E-state index in [2.05, 4.69) is 5.10 Å². The molecule has 5 nitrogen and oxygen atoms in total. The zero-order valence-electron chi connectivity index (χ0n) is 9.01. The number of aromatic nitrogens is 2. The molecule has 1 rings (SSSR count). The van der Waals surface area contributed by atoms with Gasteiger partial charge in [0, 0.05) is 7.05 Å². The van der Waals surface area contributed by atoms with Crippen molar-refractivity contribution in [2.75, 3.05) is 18.1 Å². The smallest absolute Gasteiger partial charge is 0.157 e. The van der Waals surface area contributed by atoms with Crippen molar-refractivity contribution >= 4 is 9.84 Å². The third-order valence-electron chi connectivity index (χ3n) is 1.86. The highest BCUT2D eigenvalue weighted by atomic mass is 32.2. The number of ether oxygens (including phenoxy) is 1. The molecule has 1 aromatic heterocycles. The second-order valence-corrected chi connectivity index (χ2v) is 5.65. The van der Waals surface area contributed by atoms with Crippen LogP contribution in [0.15, 0.2) is 12.4 Å². The number of hydrogen-bond acceptors (Lipinski definition) is 4. The zero-order valence-corrected chi connectivity index (χ0v) is 9.83. The molecule has 0 bridgehead atoms. The summed E-state index contributed by atoms with van der Waals surface area (Å²) in [5, 5.41) is 3.91. The Balaban J connectivity index is 2.33. The Labute approximate surface area is 90.0 Å². The average Bonchev–Trinajstić information content (AvgIpc) is 2.51. The van der Waals surface area contributed by atoms with Gasteiger partial charge in [-0.15, -0.1) is 0 Å². The summed E-state index contributed by atoms with van der Waals surface area (Å²) in [5.74, 6) is 0.892. The molecule has 1 heterocycles. The van der Waals surface area contributed by atoms with Crippen LogP contribution in [0.5, 0.6) is 5.75 Å². The highest BCUT2D eigenvalue weighted by molar-refractivity contribution is 7.91. The number of sulfone groups is 1. The summed E-state index contributed by atoms with van der Waals surface area (Å²) in [6.07, 6.45) is 3.91. The van der Waals surface area contributed by atoms with E-state index in [1.54, 1.807) is 24.1 Å². The molecule has 0 aliphatic heterocycles. The van der Waals surface area contributed by atoms with Gasteiger partial charge in [0.1, 0.15) is 6.61 Å². The summed E-state index contributed by atoms with van der Waals surface area (Å²) in [4.78, 5) is 0. The van der Waals surface area contributed by atoms with E-state index in [1.807, 2.05) is 6.92 Å². The van der Waals surface area contributed by atoms with Gasteiger partial charge in [-0.25, -0.2) is 8.42 Å². The fourth-order valence-corrected chi connectivity index (χ4v) is 2.34. The molecule has 0 atom stereocenters. The maximum atomic E-state index is 11.3. The Morgan fingerprint density at radius 2 is 2.20 bits per heavy atom. The highest BCUT2D eigenvalue weighted by Gasteiger charge is 2.09. The van der Waals surface area contributed by atoms with E-state index in [9.17, 15) is 8.42 Å². The molecular formula is C9H16N2O3S. The van der Waals surface area contributed by atoms with Crippen LogP contribution in [-0.4, -0.2) is 36.3 Å². The standard InChI is InChI=1S/C9H16N2O3S/c1-3-5-15(12,13)6-4-14-9-7-10-11(2)8-9/h7-8H,3-6H2,1-2H3. The van der Waals surface area contributed by atoms with E-state index in [4.69, 9.17) is 4.74 Å². The maximum absolute atomic E-state index is 11.3. The monoisotopic (exact) mass is 232 g/mol. The first-order chi connectivity index (χ1) is 7.03. The Morgan fingerprint density at radius 1 is 1.47 bits per heavy atom. The van der Waals surface area contributed by atoms with Crippen LogP contribution in [0, 0.1) is 0 Å². The Kier molecular flexibility index (Phi) is 4.14. The molecule has 0 aromatic carbocycles. The summed E-state index contributed by atoms with van der Waals surface area (Å²) in [6, 6.07) is 0. The van der Waals surface area contributed by atoms with E-state index in [0.29, 0.717) is 12.2 Å². The Bertz CT molecular complexity index is 397. The van der Waals surface area contributed by atoms with Crippen LogP contribution in [-0.2, 0) is 16.9 Å². The van der Waals surface area contributed by atoms with Gasteiger partial charge in [0.2, 0.25) is 0 Å². The van der Waals surface area contributed by atoms with E-state index in [0.717, 1.165) is 0 Å². The minimum Gasteiger partial charge on any atom is -0.489 e. The van der Waals surface area contributed by atoms with Crippen molar-refractivity contribution < 1.29 is 13.2 Å². The lowest BCUT2D eigenvalue weighted by atomic mass is 10.6. The molecule has 0 saturated heterocycles. The summed E-state index contributed by atoms with van der Waals surface area (Å²) >= 11 is 0. The van der Waals surface area contributed by atoms with Crippen LogP contribution in [0.1, 0.15) is 13.3 Å². The van der Waals surface area contributed by atoms with Crippen molar-refractivity contribution in [3.05, 3.63) is 12.4 Å². The van der Waals surface area contributed by atoms with Crippen molar-refractivity contribution in [3.8, 4) is 5.75 Å². The first-order valence-corrected chi connectivity index (χ1v) is 6.67. The van der Waals surface area contributed by atoms with Crippen LogP contribution in [0.4, 0.5) is 0 Å². The number of rotatable bonds is 6. The maximum Gasteiger partial charge on any atom is 0.157 e. The van der Waals surface area contributed by atoms with Gasteiger partial charge in [0.25, 0.3) is 0 Å². The summed E-state index contributed by atoms with van der Waals surface area (Å²) < 4.78 is 29.5. The predicted molar refractivity (Wildman–Crippen MR) is 57.6 cm³/mol. The SMILES string of the molecule is CCCS(=O)(=O)CCOc1cnn(C)c1. The van der Waals surface area contributed by atoms with E-state index in [1.165, 1.54) is 0 Å². The minimum absolute atomic E-state index is 0.0652. The van der Waals surface area contributed by atoms with Gasteiger partial charge in [0.05, 0.1) is 23.9 Å². The van der Waals surface area contributed by atoms with Crippen LogP contribution < -0.4 is 4.74 Å². The lowest BCUT2D eigenvalue weighted by molar-refractivity contribution is 0.340. The lowest BCUT2D eigenvalue weighted by Gasteiger charge is -2.03. The van der Waals surface area contributed by atoms with Crippen molar-refractivity contribution in [1.82, 2.24) is 9.78 Å². The van der Waals surface area contributed by atoms with Gasteiger partial charge < -0.3 is 4.74 Å². The molecule has 0 radical (unpaired) electrons. The fraction of sp³-hybridized carbons (Fsp3) is 0.667. The topological polar surface area (TPSA) is 61.2 Å². The fourth-order valence-electron chi connectivity index (χ4n) is 1.17. The van der Waals surface area contributed by atoms with Crippen molar-refractivity contribution in [2.24, 2.45) is 7.05 Å². The van der Waals surface area contributed by atoms with Crippen molar-refractivity contribution in [3.63, 3.8) is 0 Å². The molecule has 0 unspecified atom stereocenters. The number of hydrogen-bond donors (Lipinski definition) is 0. The summed E-state index contributed by atoms with van der Waals surface area (Å²) in [5.41, 5.74) is 0. The molecule has 0 aliphatic rings. The highest BCUT2D eigenvalue weighted by Crippen LogP contribution is 2.06. The lowest BCUT2D eigenvalue weighted by Crippen LogP contribution is -2.16. The third kappa shape index (κ3) is 4.33. The number of nitrogens with zero attached hydrogens (tertiary/aromatic N) is 2. The van der Waals surface area contributed by atoms with Gasteiger partial charge in [-0.05, 0) is 6.42 Å². The van der Waals surface area contributed by atoms with Crippen LogP contribution in [0.25, 0.3) is 0 Å². The largest absolute Gasteiger partial charge is 0.489 e. The first kappa shape index (κ1) is 12.0. The van der Waals surface area contributed by atoms with E-state index >= 15 is 0 Å². The minimum atomic E-state index is -2.95. The van der Waals surface area contributed by atoms with E-state index < -0.39 is 9.84 Å². The molecule has 0 spiro atoms. The summed E-state index contributed by atoms with van der Waals surface area (Å²) in [7, 11) is -1.17. The molecule has 6 heteroatoms. The molecule has 0 saturated carbocycles. The van der Waals surface area contributed by atoms with Crippen LogP contribution in [0.2, 0.25) is 0 Å². The number of aryl methyl sites for hydroxylation is 1. The second kappa shape index (κ2) is 5.16. The molecule has 0 fully saturated rings. The van der Waals surface area contributed by atoms with Gasteiger partial charge in [-0.1, -0.05) is 6.92 Å². The molecular weight excluding hydrogens is 216 g/mol. The molecule has 86 valence electrons. The zero-order chi connectivity index (χ0) is 11.3. The average molecular weight is 232 g/mol. The predicted octanol–water partition coefficient (Wildman–Crippen LogP) is 0.624. The molecule has 0 N–H and O–H groups in total. The Hall–Kier alpha value is -1.04. The normalized spacial score (nSPS) is 11.6. The molecule has 1 aromatic rings. The van der Waals surface area contributed by atoms with Gasteiger partial charge in [-0.2, -0.15) is 5.10 Å². The van der Waals surface area contributed by atoms with Gasteiger partial charge in [0.15, 0.2) is 15.6 Å². The molecule has 0 amide bonds. The quantitative estimate of drug-likeness (QED) is 0.721. The van der Waals surface area contributed by atoms with Gasteiger partial charge in [-0.3, -0.25) is 4.68 Å². The van der Waals surface area contributed by atoms with Crippen molar-refractivity contribution in [1.29, 1.82) is 0 Å². The van der Waals surface area contributed by atoms with Crippen molar-refractivity contribution in [2.45, 2.75) is 13.3 Å². The van der Waals surface area contributed by atoms with Crippen LogP contribution >= 0.6 is 0 Å². The third-order valence-corrected chi connectivity index (χ3v) is 3.68. The second-order valence-electron chi connectivity index (χ2n) is 3.35. The first-order valence-electron chi connectivity index (χ1n) is 4.85. The summed E-state index contributed by atoms with van der Waals surface area (Å²) in [6.45, 7) is 2.04. The van der Waals surface area contributed by atoms with E-state index in [-0.39, 0.29) is 18.1 Å².